The van der Waals surface area contributed by atoms with Crippen LogP contribution in [-0.4, -0.2) is 31.5 Å². The Morgan fingerprint density at radius 3 is 2.14 bits per heavy atom. The molecular formula is C5H11NO6P2. The summed E-state index contributed by atoms with van der Waals surface area (Å²) in [6, 6.07) is 0. The van der Waals surface area contributed by atoms with Crippen molar-refractivity contribution in [1.29, 1.82) is 0 Å². The van der Waals surface area contributed by atoms with Gasteiger partial charge < -0.3 is 24.9 Å². The van der Waals surface area contributed by atoms with Crippen LogP contribution in [0.3, 0.4) is 0 Å². The highest BCUT2D eigenvalue weighted by atomic mass is 31.2. The number of rotatable bonds is 5. The molecule has 1 unspecified atom stereocenters. The van der Waals surface area contributed by atoms with Crippen LogP contribution in [-0.2, 0) is 9.13 Å². The highest BCUT2D eigenvalue weighted by Gasteiger charge is 2.33. The first kappa shape index (κ1) is 13.6. The molecule has 9 heteroatoms. The summed E-state index contributed by atoms with van der Waals surface area (Å²) in [7, 11) is -9.09. The van der Waals surface area contributed by atoms with Crippen LogP contribution in [0, 0.1) is 0 Å². The third-order valence-corrected chi connectivity index (χ3v) is 3.47. The lowest BCUT2D eigenvalue weighted by atomic mass is 10.7. The fraction of sp³-hybridized carbons (Fsp3) is 0.400. The molecule has 0 amide bonds. The zero-order valence-corrected chi connectivity index (χ0v) is 8.86. The SMILES string of the molecule is C=C=CNC(CP(=O)(O)O)P(=O)(O)O. The van der Waals surface area contributed by atoms with Gasteiger partial charge in [0, 0.05) is 6.20 Å². The zero-order chi connectivity index (χ0) is 11.4. The van der Waals surface area contributed by atoms with Gasteiger partial charge in [0.15, 0.2) is 0 Å². The topological polar surface area (TPSA) is 127 Å². The lowest BCUT2D eigenvalue weighted by molar-refractivity contribution is 0.341. The van der Waals surface area contributed by atoms with Crippen LogP contribution in [0.4, 0.5) is 0 Å². The maximum Gasteiger partial charge on any atom is 0.348 e. The third kappa shape index (κ3) is 6.13. The van der Waals surface area contributed by atoms with Gasteiger partial charge in [-0.3, -0.25) is 9.13 Å². The van der Waals surface area contributed by atoms with Gasteiger partial charge in [0.2, 0.25) is 0 Å². The largest absolute Gasteiger partial charge is 0.371 e. The van der Waals surface area contributed by atoms with Crippen LogP contribution in [0.1, 0.15) is 0 Å². The predicted molar refractivity (Wildman–Crippen MR) is 49.6 cm³/mol. The third-order valence-electron chi connectivity index (χ3n) is 1.19. The van der Waals surface area contributed by atoms with E-state index in [4.69, 9.17) is 19.6 Å². The molecule has 1 atom stereocenters. The van der Waals surface area contributed by atoms with Crippen molar-refractivity contribution in [1.82, 2.24) is 5.32 Å². The number of hydrogen-bond donors (Lipinski definition) is 5. The molecule has 0 bridgehead atoms. The maximum absolute atomic E-state index is 10.7. The van der Waals surface area contributed by atoms with E-state index in [1.807, 2.05) is 0 Å². The van der Waals surface area contributed by atoms with E-state index < -0.39 is 27.1 Å². The molecule has 0 aromatic rings. The van der Waals surface area contributed by atoms with Crippen molar-refractivity contribution < 1.29 is 28.7 Å². The molecule has 0 saturated carbocycles. The molecule has 0 spiro atoms. The standard InChI is InChI=1S/C5H11NO6P2/c1-2-3-6-5(14(10,11)12)4-13(7,8)9/h3,5-6H,1,4H2,(H2,7,8,9)(H2,10,11,12). The Hall–Kier alpha value is -0.380. The van der Waals surface area contributed by atoms with Gasteiger partial charge in [-0.2, -0.15) is 0 Å². The van der Waals surface area contributed by atoms with Crippen LogP contribution in [0.2, 0.25) is 0 Å². The highest BCUT2D eigenvalue weighted by molar-refractivity contribution is 7.56. The first-order valence-electron chi connectivity index (χ1n) is 3.37. The molecule has 0 aliphatic carbocycles. The predicted octanol–water partition coefficient (Wildman–Crippen LogP) is -0.444. The van der Waals surface area contributed by atoms with Gasteiger partial charge in [-0.15, -0.1) is 5.73 Å². The molecule has 0 fully saturated rings. The van der Waals surface area contributed by atoms with Gasteiger partial charge in [-0.1, -0.05) is 6.58 Å². The summed E-state index contributed by atoms with van der Waals surface area (Å²) in [6.07, 6.45) is 0.0366. The maximum atomic E-state index is 10.7. The average Bonchev–Trinajstić information content (AvgIpc) is 1.93. The molecule has 5 N–H and O–H groups in total. The minimum absolute atomic E-state index is 0.949. The fourth-order valence-electron chi connectivity index (χ4n) is 0.637. The molecule has 82 valence electrons. The van der Waals surface area contributed by atoms with Crippen molar-refractivity contribution in [3.05, 3.63) is 18.5 Å². The summed E-state index contributed by atoms with van der Waals surface area (Å²) in [5, 5.41) is 2.11. The van der Waals surface area contributed by atoms with E-state index >= 15 is 0 Å². The lowest BCUT2D eigenvalue weighted by Gasteiger charge is -2.18. The van der Waals surface area contributed by atoms with Crippen molar-refractivity contribution in [2.75, 3.05) is 6.16 Å². The molecule has 0 aromatic carbocycles. The van der Waals surface area contributed by atoms with Crippen molar-refractivity contribution in [3.63, 3.8) is 0 Å². The van der Waals surface area contributed by atoms with Crippen LogP contribution in [0.5, 0.6) is 0 Å². The smallest absolute Gasteiger partial charge is 0.348 e. The quantitative estimate of drug-likeness (QED) is 0.327. The van der Waals surface area contributed by atoms with Gasteiger partial charge in [-0.25, -0.2) is 0 Å². The molecule has 0 aromatic heterocycles. The summed E-state index contributed by atoms with van der Waals surface area (Å²) < 4.78 is 21.2. The van der Waals surface area contributed by atoms with E-state index in [1.165, 1.54) is 0 Å². The summed E-state index contributed by atoms with van der Waals surface area (Å²) in [5.41, 5.74) is 2.17. The van der Waals surface area contributed by atoms with Crippen LogP contribution in [0.25, 0.3) is 0 Å². The molecule has 7 nitrogen and oxygen atoms in total. The minimum Gasteiger partial charge on any atom is -0.371 e. The molecule has 14 heavy (non-hydrogen) atoms. The summed E-state index contributed by atoms with van der Waals surface area (Å²) in [5.74, 6) is -1.63. The van der Waals surface area contributed by atoms with Gasteiger partial charge in [0.25, 0.3) is 0 Å². The second-order valence-electron chi connectivity index (χ2n) is 2.47. The van der Waals surface area contributed by atoms with E-state index in [1.54, 1.807) is 0 Å². The Kier molecular flexibility index (Phi) is 4.78. The molecule has 0 aliphatic rings. The lowest BCUT2D eigenvalue weighted by Crippen LogP contribution is -2.28. The van der Waals surface area contributed by atoms with E-state index in [0.29, 0.717) is 0 Å². The minimum atomic E-state index is -4.60. The van der Waals surface area contributed by atoms with E-state index in [9.17, 15) is 9.13 Å². The van der Waals surface area contributed by atoms with Gasteiger partial charge >= 0.3 is 15.2 Å². The molecule has 0 aliphatic heterocycles. The van der Waals surface area contributed by atoms with Crippen molar-refractivity contribution in [3.8, 4) is 0 Å². The average molecular weight is 243 g/mol. The zero-order valence-electron chi connectivity index (χ0n) is 7.07. The first-order chi connectivity index (χ1) is 6.17. The van der Waals surface area contributed by atoms with Crippen LogP contribution < -0.4 is 5.32 Å². The second-order valence-corrected chi connectivity index (χ2v) is 5.96. The fourth-order valence-corrected chi connectivity index (χ4v) is 2.95. The Morgan fingerprint density at radius 2 is 1.86 bits per heavy atom. The number of nitrogens with one attached hydrogen (secondary N) is 1. The van der Waals surface area contributed by atoms with E-state index in [0.717, 1.165) is 6.20 Å². The molecule has 0 saturated heterocycles. The van der Waals surface area contributed by atoms with Gasteiger partial charge in [-0.05, 0) is 0 Å². The van der Waals surface area contributed by atoms with Crippen molar-refractivity contribution >= 4 is 15.2 Å². The van der Waals surface area contributed by atoms with Crippen molar-refractivity contribution in [2.24, 2.45) is 0 Å². The Labute approximate surface area is 80.5 Å². The van der Waals surface area contributed by atoms with Gasteiger partial charge in [0.1, 0.15) is 5.78 Å². The first-order valence-corrected chi connectivity index (χ1v) is 6.85. The number of hydrogen-bond acceptors (Lipinski definition) is 3. The summed E-state index contributed by atoms with van der Waals surface area (Å²) >= 11 is 0. The Bertz CT molecular complexity index is 323. The van der Waals surface area contributed by atoms with E-state index in [-0.39, 0.29) is 0 Å². The Morgan fingerprint density at radius 1 is 1.36 bits per heavy atom. The second kappa shape index (κ2) is 4.91. The van der Waals surface area contributed by atoms with Crippen LogP contribution in [0.15, 0.2) is 18.5 Å². The highest BCUT2D eigenvalue weighted by Crippen LogP contribution is 2.47. The van der Waals surface area contributed by atoms with Crippen molar-refractivity contribution in [2.45, 2.75) is 5.78 Å². The molecule has 0 rings (SSSR count). The van der Waals surface area contributed by atoms with Crippen LogP contribution >= 0.6 is 15.2 Å². The molecule has 0 heterocycles. The van der Waals surface area contributed by atoms with Gasteiger partial charge in [0.05, 0.1) is 6.16 Å². The monoisotopic (exact) mass is 243 g/mol. The van der Waals surface area contributed by atoms with E-state index in [2.05, 4.69) is 17.6 Å². The normalized spacial score (nSPS) is 14.3. The molecular weight excluding hydrogens is 232 g/mol. The molecule has 0 radical (unpaired) electrons. The summed E-state index contributed by atoms with van der Waals surface area (Å²) in [4.78, 5) is 34.5. The Balaban J connectivity index is 4.66. The summed E-state index contributed by atoms with van der Waals surface area (Å²) in [6.45, 7) is 3.12.